The summed E-state index contributed by atoms with van der Waals surface area (Å²) >= 11 is 7.87. The van der Waals surface area contributed by atoms with Crippen molar-refractivity contribution in [3.05, 3.63) is 46.7 Å². The van der Waals surface area contributed by atoms with E-state index in [0.717, 1.165) is 47.7 Å². The molecule has 0 radical (unpaired) electrons. The highest BCUT2D eigenvalue weighted by molar-refractivity contribution is 7.18. The Morgan fingerprint density at radius 1 is 1.07 bits per heavy atom. The molecular formula is C19H17ClN6S. The normalized spacial score (nSPS) is 15.7. The van der Waals surface area contributed by atoms with Gasteiger partial charge in [-0.2, -0.15) is 0 Å². The number of rotatable bonds is 2. The van der Waals surface area contributed by atoms with E-state index in [-0.39, 0.29) is 0 Å². The van der Waals surface area contributed by atoms with E-state index >= 15 is 0 Å². The van der Waals surface area contributed by atoms with Crippen LogP contribution in [0.15, 0.2) is 36.7 Å². The second-order valence-electron chi connectivity index (χ2n) is 6.73. The minimum Gasteiger partial charge on any atom is -0.384 e. The number of aromatic nitrogens is 4. The summed E-state index contributed by atoms with van der Waals surface area (Å²) in [5.41, 5.74) is 7.42. The first-order valence-electron chi connectivity index (χ1n) is 8.85. The van der Waals surface area contributed by atoms with Crippen molar-refractivity contribution in [3.8, 4) is 0 Å². The largest absolute Gasteiger partial charge is 0.384 e. The van der Waals surface area contributed by atoms with E-state index in [4.69, 9.17) is 22.3 Å². The smallest absolute Gasteiger partial charge is 0.166 e. The van der Waals surface area contributed by atoms with Crippen LogP contribution in [0.5, 0.6) is 0 Å². The Balaban J connectivity index is 1.38. The first kappa shape index (κ1) is 16.6. The van der Waals surface area contributed by atoms with Crippen LogP contribution in [0.4, 0.5) is 11.6 Å². The van der Waals surface area contributed by atoms with Crippen LogP contribution in [0.3, 0.4) is 0 Å². The van der Waals surface area contributed by atoms with E-state index in [1.807, 2.05) is 18.2 Å². The van der Waals surface area contributed by atoms with Gasteiger partial charge >= 0.3 is 0 Å². The van der Waals surface area contributed by atoms with Gasteiger partial charge < -0.3 is 10.6 Å². The van der Waals surface area contributed by atoms with E-state index in [2.05, 4.69) is 25.9 Å². The van der Waals surface area contributed by atoms with Crippen LogP contribution in [0.2, 0.25) is 5.02 Å². The molecule has 136 valence electrons. The number of hydrogen-bond acceptors (Lipinski definition) is 7. The Morgan fingerprint density at radius 2 is 1.93 bits per heavy atom. The molecule has 0 atom stereocenters. The van der Waals surface area contributed by atoms with Crippen LogP contribution in [0.25, 0.3) is 21.3 Å². The van der Waals surface area contributed by atoms with Crippen molar-refractivity contribution in [2.24, 2.45) is 0 Å². The minimum absolute atomic E-state index is 0.472. The number of anilines is 2. The molecule has 3 aromatic heterocycles. The van der Waals surface area contributed by atoms with E-state index in [9.17, 15) is 0 Å². The molecule has 0 spiro atoms. The summed E-state index contributed by atoms with van der Waals surface area (Å²) in [6.07, 6.45) is 3.65. The van der Waals surface area contributed by atoms with Gasteiger partial charge in [0, 0.05) is 24.0 Å². The van der Waals surface area contributed by atoms with Crippen molar-refractivity contribution >= 4 is 55.8 Å². The predicted octanol–water partition coefficient (Wildman–Crippen LogP) is 4.25. The fourth-order valence-corrected chi connectivity index (χ4v) is 4.91. The van der Waals surface area contributed by atoms with Crippen molar-refractivity contribution in [3.63, 3.8) is 0 Å². The molecule has 0 saturated carbocycles. The monoisotopic (exact) mass is 396 g/mol. The van der Waals surface area contributed by atoms with E-state index in [1.54, 1.807) is 23.7 Å². The summed E-state index contributed by atoms with van der Waals surface area (Å²) < 4.78 is 1.20. The molecule has 1 fully saturated rings. The highest BCUT2D eigenvalue weighted by Gasteiger charge is 2.25. The number of pyridine rings is 1. The molecule has 1 saturated heterocycles. The number of nitrogen functional groups attached to an aromatic ring is 1. The van der Waals surface area contributed by atoms with Gasteiger partial charge in [0.15, 0.2) is 5.65 Å². The average molecular weight is 397 g/mol. The second-order valence-corrected chi connectivity index (χ2v) is 8.23. The lowest BCUT2D eigenvalue weighted by Crippen LogP contribution is -2.33. The summed E-state index contributed by atoms with van der Waals surface area (Å²) in [6.45, 7) is 1.86. The van der Waals surface area contributed by atoms with Crippen molar-refractivity contribution in [1.82, 2.24) is 19.9 Å². The predicted molar refractivity (Wildman–Crippen MR) is 111 cm³/mol. The fraction of sp³-hybridized carbons (Fsp3) is 0.263. The second kappa shape index (κ2) is 6.58. The van der Waals surface area contributed by atoms with Gasteiger partial charge in [-0.15, -0.1) is 11.3 Å². The van der Waals surface area contributed by atoms with Crippen LogP contribution < -0.4 is 10.6 Å². The minimum atomic E-state index is 0.472. The van der Waals surface area contributed by atoms with Gasteiger partial charge in [0.2, 0.25) is 0 Å². The number of nitrogens with two attached hydrogens (primary N) is 1. The molecule has 4 aromatic rings. The zero-order chi connectivity index (χ0) is 18.4. The SMILES string of the molecule is Nc1ccc2c(N3CCC(c4nc5cc(Cl)ccc5s4)CC3)ncnc2n1. The number of halogens is 1. The third-order valence-electron chi connectivity index (χ3n) is 5.01. The number of hydrogen-bond donors (Lipinski definition) is 1. The lowest BCUT2D eigenvalue weighted by atomic mass is 9.97. The van der Waals surface area contributed by atoms with Gasteiger partial charge in [-0.05, 0) is 43.2 Å². The summed E-state index contributed by atoms with van der Waals surface area (Å²) in [7, 11) is 0. The molecule has 2 N–H and O–H groups in total. The van der Waals surface area contributed by atoms with Crippen molar-refractivity contribution in [2.45, 2.75) is 18.8 Å². The first-order valence-corrected chi connectivity index (χ1v) is 10.0. The molecule has 27 heavy (non-hydrogen) atoms. The summed E-state index contributed by atoms with van der Waals surface area (Å²) in [5.74, 6) is 1.88. The van der Waals surface area contributed by atoms with E-state index in [0.29, 0.717) is 17.4 Å². The summed E-state index contributed by atoms with van der Waals surface area (Å²) in [5, 5.41) is 2.88. The molecule has 0 bridgehead atoms. The maximum Gasteiger partial charge on any atom is 0.166 e. The molecule has 1 aliphatic heterocycles. The topological polar surface area (TPSA) is 80.8 Å². The van der Waals surface area contributed by atoms with Gasteiger partial charge in [-0.25, -0.2) is 19.9 Å². The van der Waals surface area contributed by atoms with Crippen molar-refractivity contribution < 1.29 is 0 Å². The zero-order valence-corrected chi connectivity index (χ0v) is 16.0. The molecule has 0 aliphatic carbocycles. The van der Waals surface area contributed by atoms with Gasteiger partial charge in [0.05, 0.1) is 20.6 Å². The highest BCUT2D eigenvalue weighted by Crippen LogP contribution is 2.36. The molecule has 0 amide bonds. The molecule has 0 unspecified atom stereocenters. The Kier molecular flexibility index (Phi) is 4.06. The molecule has 1 aliphatic rings. The number of nitrogens with zero attached hydrogens (tertiary/aromatic N) is 5. The maximum absolute atomic E-state index is 6.09. The average Bonchev–Trinajstić information content (AvgIpc) is 3.10. The number of benzene rings is 1. The first-order chi connectivity index (χ1) is 13.2. The van der Waals surface area contributed by atoms with Crippen LogP contribution in [0, 0.1) is 0 Å². The Bertz CT molecular complexity index is 1140. The van der Waals surface area contributed by atoms with Crippen molar-refractivity contribution in [2.75, 3.05) is 23.7 Å². The molecule has 6 nitrogen and oxygen atoms in total. The Hall–Kier alpha value is -2.51. The lowest BCUT2D eigenvalue weighted by Gasteiger charge is -2.32. The number of fused-ring (bicyclic) bond motifs is 2. The molecule has 1 aromatic carbocycles. The summed E-state index contributed by atoms with van der Waals surface area (Å²) in [4.78, 5) is 20.2. The number of piperidine rings is 1. The highest BCUT2D eigenvalue weighted by atomic mass is 35.5. The fourth-order valence-electron chi connectivity index (χ4n) is 3.63. The van der Waals surface area contributed by atoms with Crippen LogP contribution in [-0.4, -0.2) is 33.0 Å². The van der Waals surface area contributed by atoms with Gasteiger partial charge in [-0.3, -0.25) is 0 Å². The van der Waals surface area contributed by atoms with Gasteiger partial charge in [0.25, 0.3) is 0 Å². The van der Waals surface area contributed by atoms with Crippen molar-refractivity contribution in [1.29, 1.82) is 0 Å². The third-order valence-corrected chi connectivity index (χ3v) is 6.44. The Morgan fingerprint density at radius 3 is 2.78 bits per heavy atom. The summed E-state index contributed by atoms with van der Waals surface area (Å²) in [6, 6.07) is 9.68. The van der Waals surface area contributed by atoms with E-state index in [1.165, 1.54) is 9.71 Å². The lowest BCUT2D eigenvalue weighted by molar-refractivity contribution is 0.502. The third kappa shape index (κ3) is 3.07. The van der Waals surface area contributed by atoms with Gasteiger partial charge in [-0.1, -0.05) is 11.6 Å². The Labute approximate surface area is 165 Å². The zero-order valence-electron chi connectivity index (χ0n) is 14.5. The van der Waals surface area contributed by atoms with Crippen LogP contribution >= 0.6 is 22.9 Å². The molecule has 8 heteroatoms. The quantitative estimate of drug-likeness (QED) is 0.545. The van der Waals surface area contributed by atoms with Gasteiger partial charge in [0.1, 0.15) is 18.0 Å². The van der Waals surface area contributed by atoms with Crippen LogP contribution in [0.1, 0.15) is 23.8 Å². The van der Waals surface area contributed by atoms with Crippen LogP contribution in [-0.2, 0) is 0 Å². The maximum atomic E-state index is 6.09. The number of thiazole rings is 1. The standard InChI is InChI=1S/C19H17ClN6S/c20-12-1-3-15-14(9-12)24-19(27-15)11-5-7-26(8-6-11)18-13-2-4-16(21)25-17(13)22-10-23-18/h1-4,9-11H,5-8H2,(H2,21,22,23,25). The van der Waals surface area contributed by atoms with E-state index < -0.39 is 0 Å². The molecular weight excluding hydrogens is 380 g/mol. The molecule has 5 rings (SSSR count). The molecule has 4 heterocycles.